The zero-order chi connectivity index (χ0) is 26.6. The molecule has 2 amide bonds. The van der Waals surface area contributed by atoms with Gasteiger partial charge >= 0.3 is 7.75 Å². The van der Waals surface area contributed by atoms with Crippen molar-refractivity contribution in [1.29, 1.82) is 0 Å². The molecule has 200 valence electrons. The normalized spacial score (nSPS) is 19.7. The highest BCUT2D eigenvalue weighted by atomic mass is 32.2. The maximum absolute atomic E-state index is 13.5. The van der Waals surface area contributed by atoms with Gasteiger partial charge in [-0.2, -0.15) is 0 Å². The Balaban J connectivity index is 1.89. The predicted molar refractivity (Wildman–Crippen MR) is 145 cm³/mol. The fourth-order valence-corrected chi connectivity index (χ4v) is 6.85. The fourth-order valence-electron chi connectivity index (χ4n) is 3.10. The van der Waals surface area contributed by atoms with Crippen molar-refractivity contribution in [2.24, 2.45) is 5.41 Å². The lowest BCUT2D eigenvalue weighted by atomic mass is 10.00. The van der Waals surface area contributed by atoms with Crippen LogP contribution in [0.5, 0.6) is 0 Å². The maximum atomic E-state index is 13.5. The monoisotopic (exact) mass is 557 g/mol. The van der Waals surface area contributed by atoms with E-state index in [4.69, 9.17) is 9.05 Å². The molecule has 0 bridgehead atoms. The summed E-state index contributed by atoms with van der Waals surface area (Å²) in [5.41, 5.74) is 0.498. The highest BCUT2D eigenvalue weighted by Gasteiger charge is 2.32. The summed E-state index contributed by atoms with van der Waals surface area (Å²) in [6.07, 6.45) is 4.99. The molecule has 3 atom stereocenters. The maximum Gasteiger partial charge on any atom is 0.405 e. The van der Waals surface area contributed by atoms with E-state index >= 15 is 0 Å². The molecule has 0 aromatic heterocycles. The van der Waals surface area contributed by atoms with Gasteiger partial charge in [0.1, 0.15) is 0 Å². The van der Waals surface area contributed by atoms with Crippen molar-refractivity contribution in [1.82, 2.24) is 15.3 Å². The predicted octanol–water partition coefficient (Wildman–Crippen LogP) is 4.16. The molecular weight excluding hydrogens is 521 g/mol. The molecule has 36 heavy (non-hydrogen) atoms. The molecular formula is C24H36N3O6PS2. The van der Waals surface area contributed by atoms with Crippen molar-refractivity contribution < 1.29 is 28.0 Å². The number of amides is 2. The summed E-state index contributed by atoms with van der Waals surface area (Å²) in [6.45, 7) is 6.25. The highest BCUT2D eigenvalue weighted by Crippen LogP contribution is 2.46. The molecule has 1 aliphatic heterocycles. The lowest BCUT2D eigenvalue weighted by Gasteiger charge is -2.23. The zero-order valence-electron chi connectivity index (χ0n) is 21.2. The van der Waals surface area contributed by atoms with Crippen LogP contribution >= 0.6 is 31.3 Å². The molecule has 0 spiro atoms. The third-order valence-electron chi connectivity index (χ3n) is 5.14. The molecule has 1 aliphatic rings. The molecule has 9 nitrogen and oxygen atoms in total. The van der Waals surface area contributed by atoms with Crippen LogP contribution < -0.4 is 10.4 Å². The SMILES string of the molecule is CN(/C=C\C(=O)NC=O)C1CCC(COP(=O)(NCc2ccccc2)OCCSC(=O)C(C)(C)C)S1. The number of hydrogen-bond acceptors (Lipinski definition) is 9. The molecule has 0 radical (unpaired) electrons. The molecule has 2 rings (SSSR count). The number of carbonyl (C=O) groups is 3. The molecule has 1 aromatic carbocycles. The largest absolute Gasteiger partial charge is 0.405 e. The number of nitrogens with zero attached hydrogens (tertiary/aromatic N) is 1. The standard InChI is InChI=1S/C24H36N3O6PS2/c1-24(2,3)23(30)35-15-14-32-34(31,26-16-19-8-6-5-7-9-19)33-17-20-10-11-22(36-20)27(4)13-12-21(29)25-18-28/h5-9,12-13,18,20,22H,10-11,14-17H2,1-4H3,(H,26,31)(H,25,28,29)/b13-12-. The van der Waals surface area contributed by atoms with Crippen LogP contribution in [-0.4, -0.2) is 59.0 Å². The number of thioether (sulfide) groups is 2. The van der Waals surface area contributed by atoms with E-state index in [9.17, 15) is 18.9 Å². The summed E-state index contributed by atoms with van der Waals surface area (Å²) in [5.74, 6) is -0.101. The summed E-state index contributed by atoms with van der Waals surface area (Å²) in [5, 5.41) is 5.28. The second-order valence-corrected chi connectivity index (χ2v) is 13.6. The zero-order valence-corrected chi connectivity index (χ0v) is 23.7. The summed E-state index contributed by atoms with van der Waals surface area (Å²) in [6, 6.07) is 9.56. The average Bonchev–Trinajstić information content (AvgIpc) is 3.32. The van der Waals surface area contributed by atoms with E-state index < -0.39 is 19.1 Å². The quantitative estimate of drug-likeness (QED) is 0.150. The van der Waals surface area contributed by atoms with E-state index in [0.717, 1.165) is 30.2 Å². The van der Waals surface area contributed by atoms with Crippen LogP contribution in [0.25, 0.3) is 0 Å². The fraction of sp³-hybridized carbons (Fsp3) is 0.542. The third-order valence-corrected chi connectivity index (χ3v) is 9.58. The van der Waals surface area contributed by atoms with Crippen molar-refractivity contribution >= 4 is 48.7 Å². The Bertz CT molecular complexity index is 942. The minimum absolute atomic E-state index is 0.0503. The molecule has 1 saturated heterocycles. The van der Waals surface area contributed by atoms with Gasteiger partial charge in [0.2, 0.25) is 6.41 Å². The van der Waals surface area contributed by atoms with Gasteiger partial charge in [-0.1, -0.05) is 62.9 Å². The minimum atomic E-state index is -3.62. The van der Waals surface area contributed by atoms with Crippen LogP contribution in [0.2, 0.25) is 0 Å². The summed E-state index contributed by atoms with van der Waals surface area (Å²) in [4.78, 5) is 35.8. The Hall–Kier alpha value is -1.62. The first-order chi connectivity index (χ1) is 17.0. The van der Waals surface area contributed by atoms with Gasteiger partial charge in [-0.05, 0) is 18.4 Å². The molecule has 1 aromatic rings. The smallest absolute Gasteiger partial charge is 0.368 e. The van der Waals surface area contributed by atoms with E-state index in [1.165, 1.54) is 6.08 Å². The number of benzene rings is 1. The van der Waals surface area contributed by atoms with Gasteiger partial charge in [-0.25, -0.2) is 9.65 Å². The van der Waals surface area contributed by atoms with Gasteiger partial charge in [0.25, 0.3) is 5.91 Å². The first-order valence-corrected chi connectivity index (χ1v) is 15.1. The van der Waals surface area contributed by atoms with E-state index in [0.29, 0.717) is 18.7 Å². The van der Waals surface area contributed by atoms with Gasteiger partial charge < -0.3 is 4.90 Å². The van der Waals surface area contributed by atoms with Crippen molar-refractivity contribution in [3.8, 4) is 0 Å². The number of carbonyl (C=O) groups excluding carboxylic acids is 3. The van der Waals surface area contributed by atoms with Gasteiger partial charge in [-0.3, -0.25) is 28.7 Å². The number of hydrogen-bond donors (Lipinski definition) is 2. The highest BCUT2D eigenvalue weighted by molar-refractivity contribution is 8.13. The van der Waals surface area contributed by atoms with Crippen LogP contribution in [0.4, 0.5) is 0 Å². The van der Waals surface area contributed by atoms with Crippen LogP contribution in [0, 0.1) is 5.41 Å². The summed E-state index contributed by atoms with van der Waals surface area (Å²) >= 11 is 2.83. The van der Waals surface area contributed by atoms with E-state index in [1.807, 2.05) is 63.1 Å². The van der Waals surface area contributed by atoms with E-state index in [-0.39, 0.29) is 29.0 Å². The molecule has 1 fully saturated rings. The lowest BCUT2D eigenvalue weighted by molar-refractivity contribution is -0.122. The van der Waals surface area contributed by atoms with Crippen LogP contribution in [0.1, 0.15) is 39.2 Å². The molecule has 0 saturated carbocycles. The van der Waals surface area contributed by atoms with Crippen molar-refractivity contribution in [3.63, 3.8) is 0 Å². The van der Waals surface area contributed by atoms with Gasteiger partial charge in [-0.15, -0.1) is 11.8 Å². The molecule has 1 heterocycles. The van der Waals surface area contributed by atoms with Crippen molar-refractivity contribution in [3.05, 3.63) is 48.2 Å². The Morgan fingerprint density at radius 3 is 2.61 bits per heavy atom. The minimum Gasteiger partial charge on any atom is -0.368 e. The van der Waals surface area contributed by atoms with Gasteiger partial charge in [0, 0.05) is 42.3 Å². The van der Waals surface area contributed by atoms with Crippen molar-refractivity contribution in [2.75, 3.05) is 26.0 Å². The lowest BCUT2D eigenvalue weighted by Crippen LogP contribution is -2.24. The molecule has 0 aliphatic carbocycles. The summed E-state index contributed by atoms with van der Waals surface area (Å²) in [7, 11) is -1.76. The van der Waals surface area contributed by atoms with Crippen LogP contribution in [0.15, 0.2) is 42.6 Å². The number of rotatable bonds is 14. The third kappa shape index (κ3) is 11.2. The Morgan fingerprint density at radius 2 is 1.94 bits per heavy atom. The number of nitrogens with one attached hydrogen (secondary N) is 2. The van der Waals surface area contributed by atoms with E-state index in [1.54, 1.807) is 18.0 Å². The molecule has 12 heteroatoms. The van der Waals surface area contributed by atoms with Crippen LogP contribution in [-0.2, 0) is 34.5 Å². The molecule has 3 unspecified atom stereocenters. The van der Waals surface area contributed by atoms with Gasteiger partial charge in [0.15, 0.2) is 5.12 Å². The second-order valence-electron chi connectivity index (χ2n) is 9.23. The second kappa shape index (κ2) is 15.0. The Morgan fingerprint density at radius 1 is 1.22 bits per heavy atom. The van der Waals surface area contributed by atoms with Gasteiger partial charge in [0.05, 0.1) is 18.6 Å². The van der Waals surface area contributed by atoms with Crippen molar-refractivity contribution in [2.45, 2.75) is 50.8 Å². The Kier molecular flexibility index (Phi) is 12.7. The number of imide groups is 1. The van der Waals surface area contributed by atoms with Crippen LogP contribution in [0.3, 0.4) is 0 Å². The summed E-state index contributed by atoms with van der Waals surface area (Å²) < 4.78 is 25.0. The topological polar surface area (TPSA) is 114 Å². The first kappa shape index (κ1) is 30.6. The average molecular weight is 558 g/mol. The first-order valence-electron chi connectivity index (χ1n) is 11.7. The molecule has 2 N–H and O–H groups in total. The Labute approximate surface area is 222 Å². The van der Waals surface area contributed by atoms with E-state index in [2.05, 4.69) is 10.4 Å².